The highest BCUT2D eigenvalue weighted by molar-refractivity contribution is 5.92. The molecule has 1 heterocycles. The first-order valence-corrected chi connectivity index (χ1v) is 7.97. The first kappa shape index (κ1) is 15.3. The van der Waals surface area contributed by atoms with Crippen LogP contribution in [0.5, 0.6) is 0 Å². The van der Waals surface area contributed by atoms with Gasteiger partial charge in [-0.05, 0) is 37.1 Å². The normalized spacial score (nSPS) is 15.1. The maximum Gasteiger partial charge on any atom is 0.270 e. The van der Waals surface area contributed by atoms with Crippen LogP contribution in [0.3, 0.4) is 0 Å². The minimum Gasteiger partial charge on any atom is -0.399 e. The van der Waals surface area contributed by atoms with Crippen molar-refractivity contribution in [2.24, 2.45) is 0 Å². The van der Waals surface area contributed by atoms with Crippen molar-refractivity contribution < 1.29 is 4.79 Å². The Kier molecular flexibility index (Phi) is 4.71. The number of nitrogens with two attached hydrogens (primary N) is 1. The van der Waals surface area contributed by atoms with Gasteiger partial charge in [0.25, 0.3) is 5.91 Å². The molecule has 2 aromatic rings. The fourth-order valence-electron chi connectivity index (χ4n) is 2.80. The minimum atomic E-state index is -0.144. The first-order valence-electron chi connectivity index (χ1n) is 7.97. The van der Waals surface area contributed by atoms with E-state index in [1.807, 2.05) is 12.1 Å². The third-order valence-corrected chi connectivity index (χ3v) is 3.97. The molecule has 0 unspecified atom stereocenters. The summed E-state index contributed by atoms with van der Waals surface area (Å²) in [6.45, 7) is 0. The Morgan fingerprint density at radius 1 is 1.17 bits per heavy atom. The summed E-state index contributed by atoms with van der Waals surface area (Å²) in [5, 5.41) is 6.12. The number of nitrogens with one attached hydrogen (secondary N) is 2. The molecule has 0 radical (unpaired) electrons. The quantitative estimate of drug-likeness (QED) is 0.755. The van der Waals surface area contributed by atoms with Crippen LogP contribution in [0.15, 0.2) is 36.5 Å². The zero-order chi connectivity index (χ0) is 16.1. The number of nitrogen functional groups attached to an aromatic ring is 1. The summed E-state index contributed by atoms with van der Waals surface area (Å²) in [5.41, 5.74) is 7.56. The van der Waals surface area contributed by atoms with Gasteiger partial charge in [-0.15, -0.1) is 0 Å². The average molecular weight is 311 g/mol. The molecule has 1 aliphatic rings. The second-order valence-corrected chi connectivity index (χ2v) is 5.82. The molecule has 1 saturated carbocycles. The van der Waals surface area contributed by atoms with Crippen LogP contribution in [0, 0.1) is 0 Å². The van der Waals surface area contributed by atoms with Crippen molar-refractivity contribution in [2.75, 3.05) is 11.1 Å². The van der Waals surface area contributed by atoms with E-state index in [9.17, 15) is 4.79 Å². The third-order valence-electron chi connectivity index (χ3n) is 3.97. The van der Waals surface area contributed by atoms with Crippen molar-refractivity contribution in [3.63, 3.8) is 0 Å². The SMILES string of the molecule is Nc1cccc(Nc2nccc(C(=O)NC3CCCCC3)n2)c1. The predicted octanol–water partition coefficient (Wildman–Crippen LogP) is 2.86. The van der Waals surface area contributed by atoms with E-state index in [1.54, 1.807) is 24.4 Å². The topological polar surface area (TPSA) is 92.9 Å². The molecule has 1 aromatic heterocycles. The fraction of sp³-hybridized carbons (Fsp3) is 0.353. The Morgan fingerprint density at radius 3 is 2.78 bits per heavy atom. The smallest absolute Gasteiger partial charge is 0.270 e. The van der Waals surface area contributed by atoms with Crippen molar-refractivity contribution in [3.8, 4) is 0 Å². The van der Waals surface area contributed by atoms with Crippen LogP contribution in [-0.4, -0.2) is 21.9 Å². The number of aromatic nitrogens is 2. The zero-order valence-electron chi connectivity index (χ0n) is 13.0. The molecular weight excluding hydrogens is 290 g/mol. The highest BCUT2D eigenvalue weighted by Crippen LogP contribution is 2.18. The van der Waals surface area contributed by atoms with Gasteiger partial charge in [0.05, 0.1) is 0 Å². The van der Waals surface area contributed by atoms with E-state index in [4.69, 9.17) is 5.73 Å². The van der Waals surface area contributed by atoms with Gasteiger partial charge in [0.15, 0.2) is 0 Å². The molecule has 0 saturated heterocycles. The number of hydrogen-bond acceptors (Lipinski definition) is 5. The summed E-state index contributed by atoms with van der Waals surface area (Å²) in [6.07, 6.45) is 7.29. The number of anilines is 3. The summed E-state index contributed by atoms with van der Waals surface area (Å²) in [6, 6.07) is 9.20. The Morgan fingerprint density at radius 2 is 2.00 bits per heavy atom. The molecule has 1 amide bonds. The molecule has 0 aliphatic heterocycles. The molecule has 6 heteroatoms. The highest BCUT2D eigenvalue weighted by atomic mass is 16.1. The van der Waals surface area contributed by atoms with E-state index in [0.717, 1.165) is 18.5 Å². The lowest BCUT2D eigenvalue weighted by Crippen LogP contribution is -2.36. The van der Waals surface area contributed by atoms with Crippen molar-refractivity contribution in [1.29, 1.82) is 0 Å². The van der Waals surface area contributed by atoms with Gasteiger partial charge in [-0.2, -0.15) is 0 Å². The molecule has 1 aromatic carbocycles. The molecule has 0 spiro atoms. The van der Waals surface area contributed by atoms with E-state index < -0.39 is 0 Å². The van der Waals surface area contributed by atoms with Gasteiger partial charge in [0.1, 0.15) is 5.69 Å². The van der Waals surface area contributed by atoms with Crippen LogP contribution in [0.4, 0.5) is 17.3 Å². The predicted molar refractivity (Wildman–Crippen MR) is 90.5 cm³/mol. The Balaban J connectivity index is 1.67. The number of rotatable bonds is 4. The maximum atomic E-state index is 12.3. The van der Waals surface area contributed by atoms with Crippen LogP contribution in [0.2, 0.25) is 0 Å². The number of amides is 1. The molecule has 6 nitrogen and oxygen atoms in total. The van der Waals surface area contributed by atoms with Gasteiger partial charge < -0.3 is 16.4 Å². The Labute approximate surface area is 135 Å². The van der Waals surface area contributed by atoms with Gasteiger partial charge >= 0.3 is 0 Å². The molecule has 1 fully saturated rings. The van der Waals surface area contributed by atoms with Crippen LogP contribution in [0.25, 0.3) is 0 Å². The van der Waals surface area contributed by atoms with Gasteiger partial charge in [0, 0.05) is 23.6 Å². The summed E-state index contributed by atoms with van der Waals surface area (Å²) in [4.78, 5) is 20.8. The maximum absolute atomic E-state index is 12.3. The standard InChI is InChI=1S/C17H21N5O/c18-12-5-4-8-14(11-12)21-17-19-10-9-15(22-17)16(23)20-13-6-2-1-3-7-13/h4-5,8-11,13H,1-3,6-7,18H2,(H,20,23)(H,19,21,22). The number of benzene rings is 1. The lowest BCUT2D eigenvalue weighted by Gasteiger charge is -2.22. The third kappa shape index (κ3) is 4.18. The van der Waals surface area contributed by atoms with Crippen LogP contribution in [-0.2, 0) is 0 Å². The molecule has 4 N–H and O–H groups in total. The van der Waals surface area contributed by atoms with Crippen molar-refractivity contribution >= 4 is 23.2 Å². The second kappa shape index (κ2) is 7.09. The van der Waals surface area contributed by atoms with E-state index in [1.165, 1.54) is 19.3 Å². The molecule has 23 heavy (non-hydrogen) atoms. The summed E-state index contributed by atoms with van der Waals surface area (Å²) in [7, 11) is 0. The van der Waals surface area contributed by atoms with Crippen molar-refractivity contribution in [3.05, 3.63) is 42.2 Å². The van der Waals surface area contributed by atoms with Gasteiger partial charge in [0.2, 0.25) is 5.95 Å². The molecule has 3 rings (SSSR count). The van der Waals surface area contributed by atoms with Crippen LogP contribution >= 0.6 is 0 Å². The van der Waals surface area contributed by atoms with Crippen LogP contribution < -0.4 is 16.4 Å². The highest BCUT2D eigenvalue weighted by Gasteiger charge is 2.17. The van der Waals surface area contributed by atoms with E-state index in [-0.39, 0.29) is 11.9 Å². The number of nitrogens with zero attached hydrogens (tertiary/aromatic N) is 2. The van der Waals surface area contributed by atoms with E-state index in [0.29, 0.717) is 17.3 Å². The monoisotopic (exact) mass is 311 g/mol. The minimum absolute atomic E-state index is 0.144. The first-order chi connectivity index (χ1) is 11.2. The zero-order valence-corrected chi connectivity index (χ0v) is 13.0. The van der Waals surface area contributed by atoms with Gasteiger partial charge in [-0.1, -0.05) is 25.3 Å². The van der Waals surface area contributed by atoms with E-state index >= 15 is 0 Å². The lowest BCUT2D eigenvalue weighted by atomic mass is 9.95. The summed E-state index contributed by atoms with van der Waals surface area (Å²) < 4.78 is 0. The largest absolute Gasteiger partial charge is 0.399 e. The number of hydrogen-bond donors (Lipinski definition) is 3. The van der Waals surface area contributed by atoms with Crippen molar-refractivity contribution in [2.45, 2.75) is 38.1 Å². The Bertz CT molecular complexity index is 682. The number of carbonyl (C=O) groups is 1. The summed E-state index contributed by atoms with van der Waals surface area (Å²) in [5.74, 6) is 0.238. The molecular formula is C17H21N5O. The second-order valence-electron chi connectivity index (χ2n) is 5.82. The lowest BCUT2D eigenvalue weighted by molar-refractivity contribution is 0.0922. The number of carbonyl (C=O) groups excluding carboxylic acids is 1. The van der Waals surface area contributed by atoms with E-state index in [2.05, 4.69) is 20.6 Å². The Hall–Kier alpha value is -2.63. The summed E-state index contributed by atoms with van der Waals surface area (Å²) >= 11 is 0. The fourth-order valence-corrected chi connectivity index (χ4v) is 2.80. The van der Waals surface area contributed by atoms with Crippen molar-refractivity contribution in [1.82, 2.24) is 15.3 Å². The molecule has 120 valence electrons. The van der Waals surface area contributed by atoms with Gasteiger partial charge in [-0.25, -0.2) is 9.97 Å². The van der Waals surface area contributed by atoms with Gasteiger partial charge in [-0.3, -0.25) is 4.79 Å². The molecule has 0 bridgehead atoms. The van der Waals surface area contributed by atoms with Crippen LogP contribution in [0.1, 0.15) is 42.6 Å². The molecule has 0 atom stereocenters. The molecule has 1 aliphatic carbocycles. The average Bonchev–Trinajstić information content (AvgIpc) is 2.56.